The molecular weight excluding hydrogens is 268 g/mol. The fraction of sp³-hybridized carbons (Fsp3) is 0.438. The first-order chi connectivity index (χ1) is 9.82. The summed E-state index contributed by atoms with van der Waals surface area (Å²) in [4.78, 5) is 37.3. The highest BCUT2D eigenvalue weighted by atomic mass is 16.2. The summed E-state index contributed by atoms with van der Waals surface area (Å²) in [6.07, 6.45) is 0. The van der Waals surface area contributed by atoms with Gasteiger partial charge in [0.1, 0.15) is 5.92 Å². The van der Waals surface area contributed by atoms with Crippen LogP contribution in [0.25, 0.3) is 0 Å². The molecule has 4 amide bonds. The van der Waals surface area contributed by atoms with Gasteiger partial charge < -0.3 is 0 Å². The van der Waals surface area contributed by atoms with Crippen molar-refractivity contribution in [2.75, 3.05) is 4.90 Å². The van der Waals surface area contributed by atoms with Crippen LogP contribution in [-0.4, -0.2) is 17.8 Å². The Morgan fingerprint density at radius 3 is 2.05 bits per heavy atom. The van der Waals surface area contributed by atoms with Crippen LogP contribution >= 0.6 is 0 Å². The predicted molar refractivity (Wildman–Crippen MR) is 79.9 cm³/mol. The number of carbonyl (C=O) groups excluding carboxylic acids is 3. The lowest BCUT2D eigenvalue weighted by atomic mass is 9.91. The van der Waals surface area contributed by atoms with Crippen LogP contribution in [0.5, 0.6) is 0 Å². The minimum Gasteiger partial charge on any atom is -0.277 e. The molecule has 1 aliphatic rings. The number of hydrogen-bond donors (Lipinski definition) is 1. The smallest absolute Gasteiger partial charge is 0.277 e. The maximum absolute atomic E-state index is 12.5. The molecule has 0 radical (unpaired) electrons. The Kier molecular flexibility index (Phi) is 4.11. The second-order valence-electron chi connectivity index (χ2n) is 5.94. The molecule has 0 saturated carbocycles. The standard InChI is InChI=1S/C16H20N2O3/c1-9(2)11-5-7-12(8-6-11)18-15(20)13(10(3)4)14(19)17-16(18)21/h5-10,13H,1-4H3,(H,17,19,21). The number of rotatable bonds is 3. The lowest BCUT2D eigenvalue weighted by molar-refractivity contribution is -0.136. The molecule has 1 aromatic carbocycles. The summed E-state index contributed by atoms with van der Waals surface area (Å²) in [5.41, 5.74) is 1.61. The molecule has 1 N–H and O–H groups in total. The lowest BCUT2D eigenvalue weighted by Crippen LogP contribution is -2.59. The van der Waals surface area contributed by atoms with E-state index in [1.54, 1.807) is 26.0 Å². The number of benzene rings is 1. The average Bonchev–Trinajstić information content (AvgIpc) is 2.38. The Morgan fingerprint density at radius 2 is 1.57 bits per heavy atom. The SMILES string of the molecule is CC(C)c1ccc(N2C(=O)NC(=O)C(C(C)C)C2=O)cc1. The zero-order valence-electron chi connectivity index (χ0n) is 12.7. The third-order valence-electron chi connectivity index (χ3n) is 3.69. The van der Waals surface area contributed by atoms with Gasteiger partial charge in [-0.3, -0.25) is 14.9 Å². The Bertz CT molecular complexity index is 576. The van der Waals surface area contributed by atoms with Crippen LogP contribution in [0.1, 0.15) is 39.2 Å². The lowest BCUT2D eigenvalue weighted by Gasteiger charge is -2.31. The molecule has 5 nitrogen and oxygen atoms in total. The van der Waals surface area contributed by atoms with Crippen molar-refractivity contribution in [1.29, 1.82) is 0 Å². The van der Waals surface area contributed by atoms with Gasteiger partial charge in [0.25, 0.3) is 0 Å². The summed E-state index contributed by atoms with van der Waals surface area (Å²) >= 11 is 0. The van der Waals surface area contributed by atoms with Crippen molar-refractivity contribution in [3.05, 3.63) is 29.8 Å². The van der Waals surface area contributed by atoms with Gasteiger partial charge >= 0.3 is 6.03 Å². The van der Waals surface area contributed by atoms with Gasteiger partial charge in [-0.15, -0.1) is 0 Å². The molecule has 1 aliphatic heterocycles. The van der Waals surface area contributed by atoms with E-state index in [1.807, 2.05) is 12.1 Å². The van der Waals surface area contributed by atoms with E-state index in [1.165, 1.54) is 0 Å². The third kappa shape index (κ3) is 2.82. The van der Waals surface area contributed by atoms with E-state index in [0.29, 0.717) is 11.6 Å². The zero-order chi connectivity index (χ0) is 15.7. The maximum Gasteiger partial charge on any atom is 0.335 e. The van der Waals surface area contributed by atoms with Crippen LogP contribution in [0.2, 0.25) is 0 Å². The quantitative estimate of drug-likeness (QED) is 0.869. The Hall–Kier alpha value is -2.17. The highest BCUT2D eigenvalue weighted by molar-refractivity contribution is 6.27. The van der Waals surface area contributed by atoms with E-state index in [9.17, 15) is 14.4 Å². The molecule has 1 fully saturated rings. The highest BCUT2D eigenvalue weighted by Crippen LogP contribution is 2.26. The molecule has 2 rings (SSSR count). The van der Waals surface area contributed by atoms with Gasteiger partial charge in [0.15, 0.2) is 0 Å². The molecule has 1 saturated heterocycles. The van der Waals surface area contributed by atoms with E-state index in [2.05, 4.69) is 19.2 Å². The summed E-state index contributed by atoms with van der Waals surface area (Å²) in [5.74, 6) is -1.60. The Labute approximate surface area is 124 Å². The number of nitrogens with zero attached hydrogens (tertiary/aromatic N) is 1. The monoisotopic (exact) mass is 288 g/mol. The number of urea groups is 1. The van der Waals surface area contributed by atoms with Crippen molar-refractivity contribution in [3.63, 3.8) is 0 Å². The Morgan fingerprint density at radius 1 is 1.00 bits per heavy atom. The number of imide groups is 2. The molecule has 0 aromatic heterocycles. The van der Waals surface area contributed by atoms with Crippen molar-refractivity contribution >= 4 is 23.5 Å². The molecule has 1 unspecified atom stereocenters. The minimum absolute atomic E-state index is 0.164. The molecule has 1 aromatic rings. The van der Waals surface area contributed by atoms with Crippen LogP contribution in [0.4, 0.5) is 10.5 Å². The van der Waals surface area contributed by atoms with Crippen LogP contribution in [0.3, 0.4) is 0 Å². The molecule has 21 heavy (non-hydrogen) atoms. The van der Waals surface area contributed by atoms with Gasteiger partial charge in [0, 0.05) is 0 Å². The van der Waals surface area contributed by atoms with Crippen molar-refractivity contribution in [2.24, 2.45) is 11.8 Å². The molecule has 5 heteroatoms. The molecular formula is C16H20N2O3. The van der Waals surface area contributed by atoms with Crippen LogP contribution < -0.4 is 10.2 Å². The van der Waals surface area contributed by atoms with Gasteiger partial charge in [-0.1, -0.05) is 39.8 Å². The number of anilines is 1. The molecule has 112 valence electrons. The van der Waals surface area contributed by atoms with Gasteiger partial charge in [-0.05, 0) is 29.5 Å². The average molecular weight is 288 g/mol. The summed E-state index contributed by atoms with van der Waals surface area (Å²) in [5, 5.41) is 2.25. The van der Waals surface area contributed by atoms with E-state index in [-0.39, 0.29) is 5.92 Å². The summed E-state index contributed by atoms with van der Waals surface area (Å²) < 4.78 is 0. The summed E-state index contributed by atoms with van der Waals surface area (Å²) in [6, 6.07) is 6.57. The topological polar surface area (TPSA) is 66.5 Å². The van der Waals surface area contributed by atoms with E-state index in [0.717, 1.165) is 10.5 Å². The third-order valence-corrected chi connectivity index (χ3v) is 3.69. The number of nitrogens with one attached hydrogen (secondary N) is 1. The Balaban J connectivity index is 2.35. The van der Waals surface area contributed by atoms with E-state index in [4.69, 9.17) is 0 Å². The van der Waals surface area contributed by atoms with Crippen LogP contribution in [0, 0.1) is 11.8 Å². The summed E-state index contributed by atoms with van der Waals surface area (Å²) in [6.45, 7) is 7.72. The normalized spacial score (nSPS) is 19.4. The highest BCUT2D eigenvalue weighted by Gasteiger charge is 2.42. The first kappa shape index (κ1) is 15.2. The molecule has 1 atom stereocenters. The molecule has 1 heterocycles. The largest absolute Gasteiger partial charge is 0.335 e. The minimum atomic E-state index is -0.826. The van der Waals surface area contributed by atoms with Crippen molar-refractivity contribution in [3.8, 4) is 0 Å². The van der Waals surface area contributed by atoms with Crippen molar-refractivity contribution < 1.29 is 14.4 Å². The zero-order valence-corrected chi connectivity index (χ0v) is 12.7. The van der Waals surface area contributed by atoms with Crippen molar-refractivity contribution in [1.82, 2.24) is 5.32 Å². The second kappa shape index (κ2) is 5.68. The number of amides is 4. The van der Waals surface area contributed by atoms with E-state index >= 15 is 0 Å². The predicted octanol–water partition coefficient (Wildman–Crippen LogP) is 2.67. The molecule has 0 bridgehead atoms. The van der Waals surface area contributed by atoms with Gasteiger partial charge in [0.2, 0.25) is 11.8 Å². The number of hydrogen-bond acceptors (Lipinski definition) is 3. The number of barbiturate groups is 1. The molecule has 0 spiro atoms. The van der Waals surface area contributed by atoms with Gasteiger partial charge in [0.05, 0.1) is 5.69 Å². The van der Waals surface area contributed by atoms with Crippen molar-refractivity contribution in [2.45, 2.75) is 33.6 Å². The number of carbonyl (C=O) groups is 3. The van der Waals surface area contributed by atoms with Crippen LogP contribution in [-0.2, 0) is 9.59 Å². The fourth-order valence-electron chi connectivity index (χ4n) is 2.43. The van der Waals surface area contributed by atoms with Gasteiger partial charge in [-0.25, -0.2) is 9.69 Å². The molecule has 0 aliphatic carbocycles. The fourth-order valence-corrected chi connectivity index (χ4v) is 2.43. The second-order valence-corrected chi connectivity index (χ2v) is 5.94. The summed E-state index contributed by atoms with van der Waals surface area (Å²) in [7, 11) is 0. The van der Waals surface area contributed by atoms with Crippen LogP contribution in [0.15, 0.2) is 24.3 Å². The first-order valence-electron chi connectivity index (χ1n) is 7.11. The maximum atomic E-state index is 12.5. The van der Waals surface area contributed by atoms with E-state index < -0.39 is 23.8 Å². The first-order valence-corrected chi connectivity index (χ1v) is 7.11. The van der Waals surface area contributed by atoms with Gasteiger partial charge in [-0.2, -0.15) is 0 Å².